The lowest BCUT2D eigenvalue weighted by atomic mass is 10.1. The molecule has 1 heterocycles. The van der Waals surface area contributed by atoms with Crippen molar-refractivity contribution in [3.05, 3.63) is 23.5 Å². The average molecular weight is 212 g/mol. The van der Waals surface area contributed by atoms with E-state index in [2.05, 4.69) is 0 Å². The van der Waals surface area contributed by atoms with Gasteiger partial charge in [0, 0.05) is 0 Å². The Balaban J connectivity index is 2.32. The van der Waals surface area contributed by atoms with Crippen LogP contribution in [0.25, 0.3) is 0 Å². The van der Waals surface area contributed by atoms with Gasteiger partial charge in [-0.05, 0) is 31.0 Å². The molecule has 1 aliphatic rings. The van der Waals surface area contributed by atoms with Gasteiger partial charge in [-0.3, -0.25) is 0 Å². The van der Waals surface area contributed by atoms with E-state index in [9.17, 15) is 9.50 Å². The topological polar surface area (TPSA) is 38.7 Å². The Morgan fingerprint density at radius 1 is 1.40 bits per heavy atom. The highest BCUT2D eigenvalue weighted by Crippen LogP contribution is 2.34. The summed E-state index contributed by atoms with van der Waals surface area (Å²) < 4.78 is 23.9. The van der Waals surface area contributed by atoms with Crippen molar-refractivity contribution in [2.45, 2.75) is 19.4 Å². The molecule has 0 radical (unpaired) electrons. The minimum Gasteiger partial charge on any atom is -0.486 e. The first-order valence-corrected chi connectivity index (χ1v) is 4.93. The molecule has 2 rings (SSSR count). The Morgan fingerprint density at radius 3 is 2.87 bits per heavy atom. The van der Waals surface area contributed by atoms with Crippen LogP contribution in [0.3, 0.4) is 0 Å². The number of ether oxygens (including phenoxy) is 2. The normalized spacial score (nSPS) is 16.2. The van der Waals surface area contributed by atoms with Gasteiger partial charge >= 0.3 is 0 Å². The molecule has 1 atom stereocenters. The third-order valence-corrected chi connectivity index (χ3v) is 2.19. The zero-order valence-electron chi connectivity index (χ0n) is 8.50. The highest BCUT2D eigenvalue weighted by molar-refractivity contribution is 5.45. The van der Waals surface area contributed by atoms with Crippen LogP contribution in [0.5, 0.6) is 11.5 Å². The monoisotopic (exact) mass is 212 g/mol. The Kier molecular flexibility index (Phi) is 2.77. The number of hydrogen-bond acceptors (Lipinski definition) is 3. The van der Waals surface area contributed by atoms with Crippen molar-refractivity contribution < 1.29 is 19.0 Å². The third-order valence-electron chi connectivity index (χ3n) is 2.19. The number of rotatable bonds is 2. The van der Waals surface area contributed by atoms with Gasteiger partial charge in [0.2, 0.25) is 0 Å². The fourth-order valence-electron chi connectivity index (χ4n) is 1.62. The Morgan fingerprint density at radius 2 is 2.13 bits per heavy atom. The molecule has 0 saturated carbocycles. The number of halogens is 1. The number of aliphatic hydroxyl groups excluding tert-OH is 1. The van der Waals surface area contributed by atoms with Crippen LogP contribution in [0.15, 0.2) is 12.1 Å². The molecule has 15 heavy (non-hydrogen) atoms. The lowest BCUT2D eigenvalue weighted by Gasteiger charge is -2.19. The second-order valence-electron chi connectivity index (χ2n) is 3.65. The molecule has 0 aliphatic carbocycles. The summed E-state index contributed by atoms with van der Waals surface area (Å²) in [5.74, 6) is 0.176. The molecule has 3 nitrogen and oxygen atoms in total. The summed E-state index contributed by atoms with van der Waals surface area (Å²) in [6.45, 7) is 2.47. The predicted molar refractivity (Wildman–Crippen MR) is 52.8 cm³/mol. The summed E-state index contributed by atoms with van der Waals surface area (Å²) in [5.41, 5.74) is 0.715. The molecule has 0 amide bonds. The number of fused-ring (bicyclic) bond motifs is 1. The second kappa shape index (κ2) is 4.06. The van der Waals surface area contributed by atoms with Crippen molar-refractivity contribution in [2.75, 3.05) is 13.2 Å². The SMILES string of the molecule is CC(O)Cc1cc(F)c2c(c1)OCCO2. The molecule has 1 unspecified atom stereocenters. The first-order chi connectivity index (χ1) is 7.16. The zero-order valence-corrected chi connectivity index (χ0v) is 8.50. The van der Waals surface area contributed by atoms with Crippen LogP contribution in [-0.4, -0.2) is 24.4 Å². The van der Waals surface area contributed by atoms with E-state index in [1.807, 2.05) is 0 Å². The van der Waals surface area contributed by atoms with E-state index in [4.69, 9.17) is 9.47 Å². The number of benzene rings is 1. The summed E-state index contributed by atoms with van der Waals surface area (Å²) in [7, 11) is 0. The molecule has 1 aromatic rings. The molecule has 4 heteroatoms. The first kappa shape index (κ1) is 10.2. The van der Waals surface area contributed by atoms with Crippen molar-refractivity contribution >= 4 is 0 Å². The zero-order chi connectivity index (χ0) is 10.8. The standard InChI is InChI=1S/C11H13FO3/c1-7(13)4-8-5-9(12)11-10(6-8)14-2-3-15-11/h5-7,13H,2-4H2,1H3. The van der Waals surface area contributed by atoms with E-state index >= 15 is 0 Å². The smallest absolute Gasteiger partial charge is 0.197 e. The minimum atomic E-state index is -0.494. The summed E-state index contributed by atoms with van der Waals surface area (Å²) in [5, 5.41) is 9.21. The summed E-state index contributed by atoms with van der Waals surface area (Å²) in [4.78, 5) is 0. The molecule has 82 valence electrons. The van der Waals surface area contributed by atoms with E-state index < -0.39 is 11.9 Å². The van der Waals surface area contributed by atoms with Gasteiger partial charge in [-0.15, -0.1) is 0 Å². The van der Waals surface area contributed by atoms with Crippen LogP contribution in [0.2, 0.25) is 0 Å². The van der Waals surface area contributed by atoms with Crippen molar-refractivity contribution in [1.82, 2.24) is 0 Å². The van der Waals surface area contributed by atoms with Gasteiger partial charge in [-0.25, -0.2) is 4.39 Å². The maximum Gasteiger partial charge on any atom is 0.197 e. The van der Waals surface area contributed by atoms with Gasteiger partial charge in [-0.2, -0.15) is 0 Å². The molecule has 0 fully saturated rings. The summed E-state index contributed by atoms with van der Waals surface area (Å²) in [6.07, 6.45) is -0.0833. The van der Waals surface area contributed by atoms with E-state index in [1.165, 1.54) is 6.07 Å². The molecule has 1 aromatic carbocycles. The lowest BCUT2D eigenvalue weighted by Crippen LogP contribution is -2.17. The molecule has 1 N–H and O–H groups in total. The molecule has 1 aliphatic heterocycles. The van der Waals surface area contributed by atoms with Gasteiger partial charge in [0.1, 0.15) is 13.2 Å². The van der Waals surface area contributed by atoms with Gasteiger partial charge in [0.15, 0.2) is 17.3 Å². The van der Waals surface area contributed by atoms with Crippen LogP contribution < -0.4 is 9.47 Å². The highest BCUT2D eigenvalue weighted by atomic mass is 19.1. The first-order valence-electron chi connectivity index (χ1n) is 4.93. The summed E-state index contributed by atoms with van der Waals surface area (Å²) >= 11 is 0. The quantitative estimate of drug-likeness (QED) is 0.807. The Hall–Kier alpha value is -1.29. The van der Waals surface area contributed by atoms with Crippen molar-refractivity contribution in [2.24, 2.45) is 0 Å². The number of aliphatic hydroxyl groups is 1. The minimum absolute atomic E-state index is 0.176. The maximum absolute atomic E-state index is 13.5. The fraction of sp³-hybridized carbons (Fsp3) is 0.455. The lowest BCUT2D eigenvalue weighted by molar-refractivity contribution is 0.163. The maximum atomic E-state index is 13.5. The third kappa shape index (κ3) is 2.21. The molecule has 0 aromatic heterocycles. The van der Waals surface area contributed by atoms with Crippen molar-refractivity contribution in [3.63, 3.8) is 0 Å². The van der Waals surface area contributed by atoms with Crippen molar-refractivity contribution in [1.29, 1.82) is 0 Å². The van der Waals surface area contributed by atoms with Crippen molar-refractivity contribution in [3.8, 4) is 11.5 Å². The molecular weight excluding hydrogens is 199 g/mol. The molecule has 0 spiro atoms. The van der Waals surface area contributed by atoms with E-state index in [0.29, 0.717) is 30.9 Å². The highest BCUT2D eigenvalue weighted by Gasteiger charge is 2.18. The largest absolute Gasteiger partial charge is 0.486 e. The van der Waals surface area contributed by atoms with E-state index in [-0.39, 0.29) is 5.75 Å². The van der Waals surface area contributed by atoms with Gasteiger partial charge in [-0.1, -0.05) is 0 Å². The Bertz CT molecular complexity index is 363. The predicted octanol–water partition coefficient (Wildman–Crippen LogP) is 1.52. The molecular formula is C11H13FO3. The molecule has 0 bridgehead atoms. The second-order valence-corrected chi connectivity index (χ2v) is 3.65. The Labute approximate surface area is 87.4 Å². The van der Waals surface area contributed by atoms with Gasteiger partial charge in [0.25, 0.3) is 0 Å². The van der Waals surface area contributed by atoms with Crippen LogP contribution in [0, 0.1) is 5.82 Å². The van der Waals surface area contributed by atoms with Gasteiger partial charge < -0.3 is 14.6 Å². The van der Waals surface area contributed by atoms with Crippen LogP contribution >= 0.6 is 0 Å². The van der Waals surface area contributed by atoms with Crippen LogP contribution in [0.1, 0.15) is 12.5 Å². The van der Waals surface area contributed by atoms with E-state index in [1.54, 1.807) is 13.0 Å². The van der Waals surface area contributed by atoms with E-state index in [0.717, 1.165) is 0 Å². The summed E-state index contributed by atoms with van der Waals surface area (Å²) in [6, 6.07) is 3.09. The fourth-order valence-corrected chi connectivity index (χ4v) is 1.62. The average Bonchev–Trinajstić information content (AvgIpc) is 2.16. The van der Waals surface area contributed by atoms with Crippen LogP contribution in [0.4, 0.5) is 4.39 Å². The van der Waals surface area contributed by atoms with Gasteiger partial charge in [0.05, 0.1) is 6.10 Å². The molecule has 0 saturated heterocycles. The van der Waals surface area contributed by atoms with Crippen LogP contribution in [-0.2, 0) is 6.42 Å². The number of hydrogen-bond donors (Lipinski definition) is 1.